The van der Waals surface area contributed by atoms with Gasteiger partial charge in [0.1, 0.15) is 5.69 Å². The molecular formula is C19H18N4O4. The number of pyridine rings is 1. The van der Waals surface area contributed by atoms with Crippen LogP contribution < -0.4 is 5.76 Å². The Morgan fingerprint density at radius 2 is 1.70 bits per heavy atom. The summed E-state index contributed by atoms with van der Waals surface area (Å²) < 4.78 is 6.55. The summed E-state index contributed by atoms with van der Waals surface area (Å²) in [5.41, 5.74) is 1.89. The van der Waals surface area contributed by atoms with E-state index in [9.17, 15) is 14.4 Å². The van der Waals surface area contributed by atoms with E-state index in [2.05, 4.69) is 4.98 Å². The number of fused-ring (bicyclic) bond motifs is 1. The zero-order chi connectivity index (χ0) is 19.0. The summed E-state index contributed by atoms with van der Waals surface area (Å²) >= 11 is 0. The first-order valence-electron chi connectivity index (χ1n) is 8.64. The first-order valence-corrected chi connectivity index (χ1v) is 8.64. The highest BCUT2D eigenvalue weighted by Crippen LogP contribution is 2.17. The minimum absolute atomic E-state index is 0.129. The lowest BCUT2D eigenvalue weighted by molar-refractivity contribution is 0.0532. The van der Waals surface area contributed by atoms with Crippen LogP contribution in [0, 0.1) is 0 Å². The number of rotatable bonds is 2. The molecule has 0 saturated carbocycles. The Kier molecular flexibility index (Phi) is 4.23. The maximum Gasteiger partial charge on any atom is 0.419 e. The Bertz CT molecular complexity index is 1060. The normalized spacial score (nSPS) is 14.6. The fourth-order valence-corrected chi connectivity index (χ4v) is 3.21. The topological polar surface area (TPSA) is 88.7 Å². The molecule has 0 bridgehead atoms. The lowest BCUT2D eigenvalue weighted by Crippen LogP contribution is -2.50. The summed E-state index contributed by atoms with van der Waals surface area (Å²) in [5, 5.41) is 0. The molecule has 4 rings (SSSR count). The van der Waals surface area contributed by atoms with Crippen LogP contribution in [-0.4, -0.2) is 57.3 Å². The molecule has 0 unspecified atom stereocenters. The van der Waals surface area contributed by atoms with Gasteiger partial charge in [-0.2, -0.15) is 0 Å². The summed E-state index contributed by atoms with van der Waals surface area (Å²) in [6.45, 7) is 1.77. The van der Waals surface area contributed by atoms with Crippen LogP contribution in [-0.2, 0) is 7.05 Å². The summed E-state index contributed by atoms with van der Waals surface area (Å²) in [6.07, 6.45) is 1.59. The highest BCUT2D eigenvalue weighted by atomic mass is 16.4. The van der Waals surface area contributed by atoms with Crippen LogP contribution in [0.1, 0.15) is 20.8 Å². The molecule has 1 fully saturated rings. The van der Waals surface area contributed by atoms with Crippen LogP contribution in [0.4, 0.5) is 0 Å². The van der Waals surface area contributed by atoms with E-state index < -0.39 is 5.76 Å². The first-order chi connectivity index (χ1) is 13.0. The molecule has 1 aliphatic heterocycles. The third-order valence-corrected chi connectivity index (χ3v) is 4.78. The van der Waals surface area contributed by atoms with Crippen molar-refractivity contribution in [3.63, 3.8) is 0 Å². The van der Waals surface area contributed by atoms with Gasteiger partial charge < -0.3 is 14.2 Å². The third-order valence-electron chi connectivity index (χ3n) is 4.78. The minimum Gasteiger partial charge on any atom is -0.408 e. The predicted octanol–water partition coefficient (Wildman–Crippen LogP) is 1.12. The molecule has 3 aromatic rings. The van der Waals surface area contributed by atoms with Gasteiger partial charge in [0.05, 0.1) is 5.52 Å². The number of benzene rings is 1. The second-order valence-electron chi connectivity index (χ2n) is 6.41. The lowest BCUT2D eigenvalue weighted by Gasteiger charge is -2.34. The number of oxazole rings is 1. The number of piperazine rings is 1. The zero-order valence-electron chi connectivity index (χ0n) is 14.8. The Morgan fingerprint density at radius 3 is 2.37 bits per heavy atom. The third kappa shape index (κ3) is 3.10. The van der Waals surface area contributed by atoms with E-state index in [0.29, 0.717) is 48.5 Å². The molecule has 2 amide bonds. The highest BCUT2D eigenvalue weighted by Gasteiger charge is 2.26. The fourth-order valence-electron chi connectivity index (χ4n) is 3.21. The van der Waals surface area contributed by atoms with E-state index in [-0.39, 0.29) is 11.8 Å². The van der Waals surface area contributed by atoms with Gasteiger partial charge in [-0.1, -0.05) is 6.07 Å². The molecule has 1 saturated heterocycles. The quantitative estimate of drug-likeness (QED) is 0.678. The van der Waals surface area contributed by atoms with Gasteiger partial charge in [0.2, 0.25) is 0 Å². The summed E-state index contributed by atoms with van der Waals surface area (Å²) in [5.74, 6) is -0.736. The molecule has 3 heterocycles. The van der Waals surface area contributed by atoms with E-state index in [1.807, 2.05) is 0 Å². The SMILES string of the molecule is Cn1c(=O)oc2cc(C(=O)N3CCN(C(=O)c4ccccn4)CC3)ccc21. The van der Waals surface area contributed by atoms with E-state index >= 15 is 0 Å². The average Bonchev–Trinajstić information content (AvgIpc) is 3.01. The van der Waals surface area contributed by atoms with Gasteiger partial charge in [-0.05, 0) is 30.3 Å². The Balaban J connectivity index is 1.46. The lowest BCUT2D eigenvalue weighted by atomic mass is 10.1. The number of hydrogen-bond donors (Lipinski definition) is 0. The monoisotopic (exact) mass is 366 g/mol. The number of carbonyl (C=O) groups is 2. The predicted molar refractivity (Wildman–Crippen MR) is 97.5 cm³/mol. The van der Waals surface area contributed by atoms with E-state index in [1.54, 1.807) is 59.4 Å². The Labute approximate surface area is 154 Å². The average molecular weight is 366 g/mol. The molecule has 0 radical (unpaired) electrons. The van der Waals surface area contributed by atoms with Crippen molar-refractivity contribution in [3.05, 3.63) is 64.4 Å². The van der Waals surface area contributed by atoms with E-state index in [4.69, 9.17) is 4.42 Å². The van der Waals surface area contributed by atoms with Crippen molar-refractivity contribution in [2.45, 2.75) is 0 Å². The number of hydrogen-bond acceptors (Lipinski definition) is 5. The van der Waals surface area contributed by atoms with Crippen LogP contribution in [0.5, 0.6) is 0 Å². The van der Waals surface area contributed by atoms with Crippen molar-refractivity contribution in [1.82, 2.24) is 19.4 Å². The molecule has 1 aromatic carbocycles. The number of amides is 2. The smallest absolute Gasteiger partial charge is 0.408 e. The summed E-state index contributed by atoms with van der Waals surface area (Å²) in [6, 6.07) is 10.2. The summed E-state index contributed by atoms with van der Waals surface area (Å²) in [4.78, 5) is 44.3. The first kappa shape index (κ1) is 17.0. The second-order valence-corrected chi connectivity index (χ2v) is 6.41. The molecule has 0 N–H and O–H groups in total. The van der Waals surface area contributed by atoms with Crippen LogP contribution in [0.2, 0.25) is 0 Å². The van der Waals surface area contributed by atoms with Crippen molar-refractivity contribution in [3.8, 4) is 0 Å². The Morgan fingerprint density at radius 1 is 1.00 bits per heavy atom. The number of nitrogens with zero attached hydrogens (tertiary/aromatic N) is 4. The summed E-state index contributed by atoms with van der Waals surface area (Å²) in [7, 11) is 1.62. The van der Waals surface area contributed by atoms with Gasteiger partial charge in [-0.25, -0.2) is 4.79 Å². The molecule has 0 atom stereocenters. The van der Waals surface area contributed by atoms with Crippen molar-refractivity contribution >= 4 is 22.9 Å². The molecule has 2 aromatic heterocycles. The molecular weight excluding hydrogens is 348 g/mol. The minimum atomic E-state index is -0.462. The largest absolute Gasteiger partial charge is 0.419 e. The van der Waals surface area contributed by atoms with Crippen molar-refractivity contribution in [2.75, 3.05) is 26.2 Å². The van der Waals surface area contributed by atoms with Crippen molar-refractivity contribution < 1.29 is 14.0 Å². The molecule has 27 heavy (non-hydrogen) atoms. The van der Waals surface area contributed by atoms with Crippen LogP contribution in [0.25, 0.3) is 11.1 Å². The number of aryl methyl sites for hydroxylation is 1. The maximum absolute atomic E-state index is 12.8. The molecule has 0 spiro atoms. The van der Waals surface area contributed by atoms with Gasteiger partial charge in [-0.15, -0.1) is 0 Å². The van der Waals surface area contributed by atoms with E-state index in [0.717, 1.165) is 0 Å². The van der Waals surface area contributed by atoms with Gasteiger partial charge in [-0.3, -0.25) is 19.1 Å². The zero-order valence-corrected chi connectivity index (χ0v) is 14.8. The maximum atomic E-state index is 12.8. The molecule has 138 valence electrons. The van der Waals surface area contributed by atoms with Gasteiger partial charge in [0.25, 0.3) is 11.8 Å². The fraction of sp³-hybridized carbons (Fsp3) is 0.263. The van der Waals surface area contributed by atoms with Crippen LogP contribution in [0.3, 0.4) is 0 Å². The van der Waals surface area contributed by atoms with Crippen LogP contribution >= 0.6 is 0 Å². The van der Waals surface area contributed by atoms with Crippen molar-refractivity contribution in [2.24, 2.45) is 7.05 Å². The standard InChI is InChI=1S/C19H18N4O4/c1-21-15-6-5-13(12-16(15)27-19(21)26)17(24)22-8-10-23(11-9-22)18(25)14-4-2-3-7-20-14/h2-7,12H,8-11H2,1H3. The molecule has 8 heteroatoms. The molecule has 8 nitrogen and oxygen atoms in total. The highest BCUT2D eigenvalue weighted by molar-refractivity contribution is 5.97. The van der Waals surface area contributed by atoms with Crippen LogP contribution in [0.15, 0.2) is 51.8 Å². The van der Waals surface area contributed by atoms with E-state index in [1.165, 1.54) is 4.57 Å². The van der Waals surface area contributed by atoms with Gasteiger partial charge in [0.15, 0.2) is 5.58 Å². The van der Waals surface area contributed by atoms with Gasteiger partial charge in [0, 0.05) is 45.0 Å². The second kappa shape index (κ2) is 6.71. The Hall–Kier alpha value is -3.42. The van der Waals surface area contributed by atoms with Crippen molar-refractivity contribution in [1.29, 1.82) is 0 Å². The number of carbonyl (C=O) groups excluding carboxylic acids is 2. The molecule has 0 aliphatic carbocycles. The van der Waals surface area contributed by atoms with Gasteiger partial charge >= 0.3 is 5.76 Å². The number of aromatic nitrogens is 2. The molecule has 1 aliphatic rings.